The van der Waals surface area contributed by atoms with Gasteiger partial charge in [-0.05, 0) is 18.6 Å². The summed E-state index contributed by atoms with van der Waals surface area (Å²) in [6.07, 6.45) is -3.53. The van der Waals surface area contributed by atoms with E-state index >= 15 is 0 Å². The molecule has 1 aliphatic rings. The van der Waals surface area contributed by atoms with Crippen molar-refractivity contribution in [3.05, 3.63) is 35.0 Å². The van der Waals surface area contributed by atoms with Crippen LogP contribution in [0.4, 0.5) is 13.2 Å². The number of benzene rings is 1. The number of aromatic nitrogens is 1. The summed E-state index contributed by atoms with van der Waals surface area (Å²) in [4.78, 5) is 0. The van der Waals surface area contributed by atoms with Crippen LogP contribution in [-0.4, -0.2) is 11.1 Å². The molecule has 5 heteroatoms. The summed E-state index contributed by atoms with van der Waals surface area (Å²) in [7, 11) is 0. The van der Waals surface area contributed by atoms with Gasteiger partial charge in [-0.15, -0.1) is 0 Å². The molecule has 0 radical (unpaired) electrons. The van der Waals surface area contributed by atoms with Crippen molar-refractivity contribution in [3.8, 4) is 0 Å². The molecule has 0 fully saturated rings. The summed E-state index contributed by atoms with van der Waals surface area (Å²) in [5.41, 5.74) is 1.75. The van der Waals surface area contributed by atoms with E-state index < -0.39 is 11.7 Å². The lowest BCUT2D eigenvalue weighted by atomic mass is 10.1. The molecule has 1 aromatic carbocycles. The highest BCUT2D eigenvalue weighted by Crippen LogP contribution is 2.38. The van der Waals surface area contributed by atoms with Crippen molar-refractivity contribution in [2.24, 2.45) is 0 Å². The number of para-hydroxylation sites is 1. The first kappa shape index (κ1) is 11.6. The molecule has 0 aliphatic carbocycles. The van der Waals surface area contributed by atoms with Crippen molar-refractivity contribution in [1.82, 2.24) is 9.88 Å². The highest BCUT2D eigenvalue weighted by molar-refractivity contribution is 5.88. The number of hydrogen-bond donors (Lipinski definition) is 1. The number of halogens is 3. The molecule has 0 amide bonds. The SMILES string of the molecule is Cc1c2n(c3c(C(F)(F)F)cccc13)CNCC2. The second-order valence-corrected chi connectivity index (χ2v) is 4.61. The summed E-state index contributed by atoms with van der Waals surface area (Å²) in [5, 5.41) is 3.83. The maximum absolute atomic E-state index is 13.1. The molecule has 2 nitrogen and oxygen atoms in total. The molecule has 1 aliphatic heterocycles. The van der Waals surface area contributed by atoms with Crippen LogP contribution in [0.15, 0.2) is 18.2 Å². The van der Waals surface area contributed by atoms with Crippen LogP contribution in [0.5, 0.6) is 0 Å². The third-order valence-corrected chi connectivity index (χ3v) is 3.58. The van der Waals surface area contributed by atoms with E-state index in [1.165, 1.54) is 6.07 Å². The molecule has 0 bridgehead atoms. The molecular weight excluding hydrogens is 241 g/mol. The van der Waals surface area contributed by atoms with Crippen molar-refractivity contribution in [3.63, 3.8) is 0 Å². The zero-order chi connectivity index (χ0) is 12.9. The normalized spacial score (nSPS) is 16.0. The molecular formula is C13H13F3N2. The second kappa shape index (κ2) is 3.75. The summed E-state index contributed by atoms with van der Waals surface area (Å²) in [6, 6.07) is 4.41. The Balaban J connectivity index is 2.40. The smallest absolute Gasteiger partial charge is 0.331 e. The highest BCUT2D eigenvalue weighted by atomic mass is 19.4. The van der Waals surface area contributed by atoms with Crippen molar-refractivity contribution < 1.29 is 13.2 Å². The minimum absolute atomic E-state index is 0.310. The van der Waals surface area contributed by atoms with Gasteiger partial charge in [0.2, 0.25) is 0 Å². The summed E-state index contributed by atoms with van der Waals surface area (Å²) >= 11 is 0. The molecule has 1 N–H and O–H groups in total. The number of rotatable bonds is 0. The van der Waals surface area contributed by atoms with Crippen LogP contribution in [0.1, 0.15) is 16.8 Å². The number of fused-ring (bicyclic) bond motifs is 3. The van der Waals surface area contributed by atoms with Gasteiger partial charge in [-0.3, -0.25) is 5.32 Å². The largest absolute Gasteiger partial charge is 0.418 e. The van der Waals surface area contributed by atoms with E-state index in [0.29, 0.717) is 17.6 Å². The molecule has 0 unspecified atom stereocenters. The van der Waals surface area contributed by atoms with E-state index in [4.69, 9.17) is 0 Å². The van der Waals surface area contributed by atoms with Crippen molar-refractivity contribution in [2.45, 2.75) is 26.2 Å². The predicted octanol–water partition coefficient (Wildman–Crippen LogP) is 3.07. The Labute approximate surface area is 102 Å². The van der Waals surface area contributed by atoms with Gasteiger partial charge in [-0.1, -0.05) is 12.1 Å². The molecule has 96 valence electrons. The maximum Gasteiger partial charge on any atom is 0.418 e. The number of nitrogens with one attached hydrogen (secondary N) is 1. The Hall–Kier alpha value is -1.49. The average molecular weight is 254 g/mol. The van der Waals surface area contributed by atoms with Crippen LogP contribution in [0.25, 0.3) is 10.9 Å². The lowest BCUT2D eigenvalue weighted by Crippen LogP contribution is -2.29. The van der Waals surface area contributed by atoms with Crippen molar-refractivity contribution in [1.29, 1.82) is 0 Å². The first-order valence-electron chi connectivity index (χ1n) is 5.89. The zero-order valence-corrected chi connectivity index (χ0v) is 9.93. The van der Waals surface area contributed by atoms with Gasteiger partial charge in [-0.25, -0.2) is 0 Å². The molecule has 0 atom stereocenters. The summed E-state index contributed by atoms with van der Waals surface area (Å²) in [5.74, 6) is 0. The summed E-state index contributed by atoms with van der Waals surface area (Å²) < 4.78 is 41.0. The van der Waals surface area contributed by atoms with Gasteiger partial charge in [0.15, 0.2) is 0 Å². The van der Waals surface area contributed by atoms with Gasteiger partial charge in [-0.2, -0.15) is 13.2 Å². The van der Waals surface area contributed by atoms with Gasteiger partial charge in [0.1, 0.15) is 0 Å². The Morgan fingerprint density at radius 3 is 2.78 bits per heavy atom. The minimum Gasteiger partial charge on any atom is -0.331 e. The van der Waals surface area contributed by atoms with Crippen molar-refractivity contribution >= 4 is 10.9 Å². The van der Waals surface area contributed by atoms with Gasteiger partial charge < -0.3 is 4.57 Å². The fourth-order valence-electron chi connectivity index (χ4n) is 2.75. The van der Waals surface area contributed by atoms with E-state index in [1.807, 2.05) is 6.92 Å². The first-order chi connectivity index (χ1) is 8.50. The van der Waals surface area contributed by atoms with Gasteiger partial charge in [0.25, 0.3) is 0 Å². The fraction of sp³-hybridized carbons (Fsp3) is 0.385. The number of aryl methyl sites for hydroxylation is 1. The molecule has 2 heterocycles. The van der Waals surface area contributed by atoms with Crippen LogP contribution in [0.2, 0.25) is 0 Å². The van der Waals surface area contributed by atoms with Crippen LogP contribution >= 0.6 is 0 Å². The molecule has 3 rings (SSSR count). The lowest BCUT2D eigenvalue weighted by molar-refractivity contribution is -0.136. The quantitative estimate of drug-likeness (QED) is 0.764. The Bertz CT molecular complexity index is 611. The highest BCUT2D eigenvalue weighted by Gasteiger charge is 2.35. The van der Waals surface area contributed by atoms with Gasteiger partial charge >= 0.3 is 6.18 Å². The van der Waals surface area contributed by atoms with Crippen LogP contribution in [-0.2, 0) is 19.3 Å². The van der Waals surface area contributed by atoms with E-state index in [-0.39, 0.29) is 0 Å². The zero-order valence-electron chi connectivity index (χ0n) is 9.93. The molecule has 0 saturated heterocycles. The van der Waals surface area contributed by atoms with Crippen LogP contribution in [0.3, 0.4) is 0 Å². The number of alkyl halides is 3. The molecule has 0 saturated carbocycles. The monoisotopic (exact) mass is 254 g/mol. The molecule has 0 spiro atoms. The van der Waals surface area contributed by atoms with E-state index in [9.17, 15) is 13.2 Å². The lowest BCUT2D eigenvalue weighted by Gasteiger charge is -2.19. The predicted molar refractivity (Wildman–Crippen MR) is 63.4 cm³/mol. The second-order valence-electron chi connectivity index (χ2n) is 4.61. The molecule has 2 aromatic rings. The van der Waals surface area contributed by atoms with Crippen LogP contribution in [0, 0.1) is 6.92 Å². The van der Waals surface area contributed by atoms with E-state index in [1.54, 1.807) is 10.6 Å². The summed E-state index contributed by atoms with van der Waals surface area (Å²) in [6.45, 7) is 3.17. The molecule has 18 heavy (non-hydrogen) atoms. The topological polar surface area (TPSA) is 17.0 Å². The average Bonchev–Trinajstić information content (AvgIpc) is 2.63. The maximum atomic E-state index is 13.1. The third-order valence-electron chi connectivity index (χ3n) is 3.58. The molecule has 1 aromatic heterocycles. The number of nitrogens with zero attached hydrogens (tertiary/aromatic N) is 1. The fourth-order valence-corrected chi connectivity index (χ4v) is 2.75. The minimum atomic E-state index is -4.31. The first-order valence-corrected chi connectivity index (χ1v) is 5.89. The standard InChI is InChI=1S/C13H13F3N2/c1-8-9-3-2-4-10(13(14,15)16)12(9)18-7-17-6-5-11(8)18/h2-4,17H,5-7H2,1H3. The van der Waals surface area contributed by atoms with E-state index in [0.717, 1.165) is 30.3 Å². The third kappa shape index (κ3) is 1.54. The van der Waals surface area contributed by atoms with Crippen molar-refractivity contribution in [2.75, 3.05) is 6.54 Å². The Morgan fingerprint density at radius 2 is 2.06 bits per heavy atom. The Kier molecular flexibility index (Phi) is 2.41. The van der Waals surface area contributed by atoms with E-state index in [2.05, 4.69) is 5.32 Å². The van der Waals surface area contributed by atoms with Gasteiger partial charge in [0, 0.05) is 24.0 Å². The number of hydrogen-bond acceptors (Lipinski definition) is 1. The Morgan fingerprint density at radius 1 is 1.28 bits per heavy atom. The van der Waals surface area contributed by atoms with Gasteiger partial charge in [0.05, 0.1) is 17.7 Å². The van der Waals surface area contributed by atoms with Crippen LogP contribution < -0.4 is 5.32 Å².